The summed E-state index contributed by atoms with van der Waals surface area (Å²) in [6.07, 6.45) is -0.814. The molecule has 3 aliphatic heterocycles. The molecule has 0 aromatic heterocycles. The molecule has 8 nitrogen and oxygen atoms in total. The van der Waals surface area contributed by atoms with Crippen LogP contribution in [0.4, 0.5) is 0 Å². The van der Waals surface area contributed by atoms with Crippen LogP contribution in [-0.2, 0) is 38.0 Å². The highest BCUT2D eigenvalue weighted by molar-refractivity contribution is 5.71. The van der Waals surface area contributed by atoms with Crippen LogP contribution in [0.3, 0.4) is 0 Å². The van der Waals surface area contributed by atoms with Gasteiger partial charge in [0.25, 0.3) is 0 Å². The first-order valence-corrected chi connectivity index (χ1v) is 7.29. The largest absolute Gasteiger partial charge is 0.469 e. The number of hydrogen-bond acceptors (Lipinski definition) is 8. The van der Waals surface area contributed by atoms with Crippen molar-refractivity contribution in [3.05, 3.63) is 0 Å². The van der Waals surface area contributed by atoms with Crippen molar-refractivity contribution in [3.8, 4) is 0 Å². The molecule has 2 bridgehead atoms. The minimum atomic E-state index is -1.17. The second-order valence-corrected chi connectivity index (χ2v) is 5.59. The van der Waals surface area contributed by atoms with Gasteiger partial charge in [0.15, 0.2) is 0 Å². The second kappa shape index (κ2) is 6.11. The molecule has 0 radical (unpaired) electrons. The van der Waals surface area contributed by atoms with Crippen molar-refractivity contribution >= 4 is 11.9 Å². The average molecular weight is 316 g/mol. The zero-order valence-electron chi connectivity index (χ0n) is 12.6. The fraction of sp³-hybridized carbons (Fsp3) is 0.857. The van der Waals surface area contributed by atoms with Crippen LogP contribution >= 0.6 is 0 Å². The van der Waals surface area contributed by atoms with E-state index in [4.69, 9.17) is 28.4 Å². The fourth-order valence-electron chi connectivity index (χ4n) is 3.49. The third kappa shape index (κ3) is 2.50. The van der Waals surface area contributed by atoms with Crippen LogP contribution in [0, 0.1) is 11.8 Å². The van der Waals surface area contributed by atoms with Gasteiger partial charge in [-0.1, -0.05) is 0 Å². The lowest BCUT2D eigenvalue weighted by molar-refractivity contribution is -0.340. The third-order valence-electron chi connectivity index (χ3n) is 4.53. The molecule has 3 heterocycles. The van der Waals surface area contributed by atoms with Gasteiger partial charge in [-0.05, 0) is 0 Å². The molecule has 3 rings (SSSR count). The van der Waals surface area contributed by atoms with E-state index in [1.165, 1.54) is 14.2 Å². The van der Waals surface area contributed by atoms with Gasteiger partial charge in [-0.2, -0.15) is 0 Å². The number of methoxy groups -OCH3 is 2. The van der Waals surface area contributed by atoms with Crippen molar-refractivity contribution in [1.29, 1.82) is 0 Å². The zero-order chi connectivity index (χ0) is 15.7. The lowest BCUT2D eigenvalue weighted by atomic mass is 9.76. The fourth-order valence-corrected chi connectivity index (χ4v) is 3.49. The molecule has 0 unspecified atom stereocenters. The Kier molecular flexibility index (Phi) is 4.35. The number of fused-ring (bicyclic) bond motifs is 3. The lowest BCUT2D eigenvalue weighted by Gasteiger charge is -2.45. The molecule has 3 saturated heterocycles. The SMILES string of the molecule is COC(=O)C[C@H]1[C@@H](CC(=O)OC)C2(OCCO2)[C@@H]2OC[C@H]1O2. The number of hydrogen-bond donors (Lipinski definition) is 0. The Morgan fingerprint density at radius 3 is 2.36 bits per heavy atom. The molecule has 124 valence electrons. The molecule has 0 amide bonds. The highest BCUT2D eigenvalue weighted by atomic mass is 16.8. The Balaban J connectivity index is 1.90. The molecular weight excluding hydrogens is 296 g/mol. The summed E-state index contributed by atoms with van der Waals surface area (Å²) in [7, 11) is 2.65. The molecule has 22 heavy (non-hydrogen) atoms. The number of ether oxygens (including phenoxy) is 6. The van der Waals surface area contributed by atoms with Gasteiger partial charge in [0.05, 0.1) is 53.0 Å². The predicted molar refractivity (Wildman–Crippen MR) is 69.5 cm³/mol. The first-order chi connectivity index (χ1) is 10.6. The summed E-state index contributed by atoms with van der Waals surface area (Å²) < 4.78 is 32.5. The van der Waals surface area contributed by atoms with Crippen LogP contribution < -0.4 is 0 Å². The molecule has 0 aliphatic carbocycles. The summed E-state index contributed by atoms with van der Waals surface area (Å²) in [6.45, 7) is 1.10. The van der Waals surface area contributed by atoms with Gasteiger partial charge >= 0.3 is 11.9 Å². The Hall–Kier alpha value is -1.22. The van der Waals surface area contributed by atoms with Crippen LogP contribution in [0.15, 0.2) is 0 Å². The summed E-state index contributed by atoms with van der Waals surface area (Å²) >= 11 is 0. The highest BCUT2D eigenvalue weighted by Gasteiger charge is 2.64. The molecule has 0 aromatic rings. The Morgan fingerprint density at radius 1 is 1.09 bits per heavy atom. The maximum atomic E-state index is 11.8. The zero-order valence-corrected chi connectivity index (χ0v) is 12.6. The van der Waals surface area contributed by atoms with Crippen molar-refractivity contribution in [2.45, 2.75) is 31.0 Å². The van der Waals surface area contributed by atoms with Crippen LogP contribution in [-0.4, -0.2) is 64.2 Å². The first-order valence-electron chi connectivity index (χ1n) is 7.29. The average Bonchev–Trinajstić information content (AvgIpc) is 3.17. The minimum absolute atomic E-state index is 0.0673. The van der Waals surface area contributed by atoms with E-state index in [1.807, 2.05) is 0 Å². The lowest BCUT2D eigenvalue weighted by Crippen LogP contribution is -2.58. The standard InChI is InChI=1S/C14H20O8/c1-17-11(15)5-8-9(6-12(16)18-2)14(20-3-4-21-14)13-19-7-10(8)22-13/h8-10,13H,3-7H2,1-2H3/t8-,9+,10+,13+/m0/s1. The van der Waals surface area contributed by atoms with E-state index in [1.54, 1.807) is 0 Å². The summed E-state index contributed by atoms with van der Waals surface area (Å²) in [5.74, 6) is -2.63. The maximum absolute atomic E-state index is 11.8. The Bertz CT molecular complexity index is 444. The second-order valence-electron chi connectivity index (χ2n) is 5.59. The third-order valence-corrected chi connectivity index (χ3v) is 4.53. The molecule has 8 heteroatoms. The summed E-state index contributed by atoms with van der Waals surface area (Å²) in [4.78, 5) is 23.6. The summed E-state index contributed by atoms with van der Waals surface area (Å²) in [5, 5.41) is 0. The van der Waals surface area contributed by atoms with Crippen LogP contribution in [0.2, 0.25) is 0 Å². The van der Waals surface area contributed by atoms with Crippen LogP contribution in [0.25, 0.3) is 0 Å². The monoisotopic (exact) mass is 316 g/mol. The van der Waals surface area contributed by atoms with Crippen molar-refractivity contribution < 1.29 is 38.0 Å². The smallest absolute Gasteiger partial charge is 0.306 e. The van der Waals surface area contributed by atoms with E-state index in [0.717, 1.165) is 0 Å². The van der Waals surface area contributed by atoms with Gasteiger partial charge in [0.1, 0.15) is 0 Å². The molecule has 0 saturated carbocycles. The molecule has 4 atom stereocenters. The van der Waals surface area contributed by atoms with Crippen LogP contribution in [0.1, 0.15) is 12.8 Å². The summed E-state index contributed by atoms with van der Waals surface area (Å²) in [5.41, 5.74) is 0. The van der Waals surface area contributed by atoms with E-state index < -0.39 is 18.0 Å². The highest BCUT2D eigenvalue weighted by Crippen LogP contribution is 2.50. The van der Waals surface area contributed by atoms with E-state index in [0.29, 0.717) is 19.8 Å². The molecule has 0 aromatic carbocycles. The molecule has 1 spiro atoms. The number of carbonyl (C=O) groups is 2. The molecule has 0 N–H and O–H groups in total. The number of carbonyl (C=O) groups excluding carboxylic acids is 2. The van der Waals surface area contributed by atoms with Gasteiger partial charge in [-0.3, -0.25) is 9.59 Å². The van der Waals surface area contributed by atoms with Crippen molar-refractivity contribution in [2.75, 3.05) is 34.0 Å². The topological polar surface area (TPSA) is 89.5 Å². The van der Waals surface area contributed by atoms with E-state index in [9.17, 15) is 9.59 Å². The van der Waals surface area contributed by atoms with Crippen molar-refractivity contribution in [1.82, 2.24) is 0 Å². The van der Waals surface area contributed by atoms with Crippen LogP contribution in [0.5, 0.6) is 0 Å². The Morgan fingerprint density at radius 2 is 1.73 bits per heavy atom. The minimum Gasteiger partial charge on any atom is -0.469 e. The van der Waals surface area contributed by atoms with E-state index in [2.05, 4.69) is 0 Å². The van der Waals surface area contributed by atoms with Crippen molar-refractivity contribution in [2.24, 2.45) is 11.8 Å². The van der Waals surface area contributed by atoms with E-state index >= 15 is 0 Å². The summed E-state index contributed by atoms with van der Waals surface area (Å²) in [6, 6.07) is 0. The quantitative estimate of drug-likeness (QED) is 0.661. The Labute approximate surface area is 127 Å². The van der Waals surface area contributed by atoms with Gasteiger partial charge in [-0.15, -0.1) is 0 Å². The van der Waals surface area contributed by atoms with Gasteiger partial charge in [0, 0.05) is 11.8 Å². The predicted octanol–water partition coefficient (Wildman–Crippen LogP) is -0.157. The van der Waals surface area contributed by atoms with E-state index in [-0.39, 0.29) is 36.8 Å². The van der Waals surface area contributed by atoms with Crippen molar-refractivity contribution in [3.63, 3.8) is 0 Å². The van der Waals surface area contributed by atoms with Gasteiger partial charge in [-0.25, -0.2) is 0 Å². The number of esters is 2. The molecular formula is C14H20O8. The number of rotatable bonds is 4. The maximum Gasteiger partial charge on any atom is 0.306 e. The molecule has 3 aliphatic rings. The molecule has 3 fully saturated rings. The van der Waals surface area contributed by atoms with Gasteiger partial charge < -0.3 is 28.4 Å². The normalized spacial score (nSPS) is 35.5. The van der Waals surface area contributed by atoms with Gasteiger partial charge in [0.2, 0.25) is 12.1 Å². The first kappa shape index (κ1) is 15.7.